The number of aromatic nitrogens is 4. The van der Waals surface area contributed by atoms with Gasteiger partial charge >= 0.3 is 5.97 Å². The van der Waals surface area contributed by atoms with E-state index in [-0.39, 0.29) is 5.69 Å². The third kappa shape index (κ3) is 2.48. The van der Waals surface area contributed by atoms with Crippen LogP contribution in [0.25, 0.3) is 11.0 Å². The molecule has 0 saturated heterocycles. The number of carbonyl (C=O) groups is 1. The minimum atomic E-state index is -1.09. The Bertz CT molecular complexity index is 783. The highest BCUT2D eigenvalue weighted by Crippen LogP contribution is 2.25. The maximum Gasteiger partial charge on any atom is 0.356 e. The van der Waals surface area contributed by atoms with Gasteiger partial charge in [-0.3, -0.25) is 0 Å². The van der Waals surface area contributed by atoms with Gasteiger partial charge in [-0.15, -0.1) is 10.2 Å². The van der Waals surface area contributed by atoms with E-state index in [4.69, 9.17) is 5.11 Å². The summed E-state index contributed by atoms with van der Waals surface area (Å²) in [5.41, 5.74) is 2.92. The molecule has 0 amide bonds. The van der Waals surface area contributed by atoms with Crippen molar-refractivity contribution in [3.05, 3.63) is 41.6 Å². The van der Waals surface area contributed by atoms with E-state index in [1.165, 1.54) is 17.8 Å². The molecule has 7 heteroatoms. The van der Waals surface area contributed by atoms with Crippen LogP contribution in [0.1, 0.15) is 16.1 Å². The van der Waals surface area contributed by atoms with Crippen molar-refractivity contribution in [1.82, 2.24) is 20.2 Å². The fourth-order valence-corrected chi connectivity index (χ4v) is 2.46. The van der Waals surface area contributed by atoms with Crippen LogP contribution in [0.15, 0.2) is 40.5 Å². The van der Waals surface area contributed by atoms with Crippen molar-refractivity contribution >= 4 is 28.8 Å². The van der Waals surface area contributed by atoms with Crippen LogP contribution in [0.5, 0.6) is 0 Å². The summed E-state index contributed by atoms with van der Waals surface area (Å²) in [5, 5.41) is 17.5. The van der Waals surface area contributed by atoms with E-state index in [2.05, 4.69) is 20.2 Å². The van der Waals surface area contributed by atoms with Crippen LogP contribution in [0.3, 0.4) is 0 Å². The number of fused-ring (bicyclic) bond motifs is 1. The number of H-pyrrole nitrogens is 1. The summed E-state index contributed by atoms with van der Waals surface area (Å²) >= 11 is 1.31. The van der Waals surface area contributed by atoms with Crippen LogP contribution < -0.4 is 0 Å². The zero-order chi connectivity index (χ0) is 14.1. The lowest BCUT2D eigenvalue weighted by Gasteiger charge is -1.96. The minimum Gasteiger partial charge on any atom is -0.476 e. The van der Waals surface area contributed by atoms with Gasteiger partial charge in [0, 0.05) is 0 Å². The molecular weight excluding hydrogens is 276 g/mol. The molecule has 2 aromatic heterocycles. The molecule has 0 bridgehead atoms. The van der Waals surface area contributed by atoms with Crippen LogP contribution >= 0.6 is 11.8 Å². The van der Waals surface area contributed by atoms with Crippen molar-refractivity contribution in [1.29, 1.82) is 0 Å². The summed E-state index contributed by atoms with van der Waals surface area (Å²) in [7, 11) is 0. The molecule has 0 aliphatic rings. The molecule has 0 unspecified atom stereocenters. The molecule has 0 radical (unpaired) electrons. The fourth-order valence-electron chi connectivity index (χ4n) is 1.74. The molecule has 0 aliphatic heterocycles. The smallest absolute Gasteiger partial charge is 0.356 e. The number of benzene rings is 1. The lowest BCUT2D eigenvalue weighted by Crippen LogP contribution is -2.01. The first-order chi connectivity index (χ1) is 9.61. The number of aromatic amines is 1. The number of hydrogen-bond acceptors (Lipinski definition) is 5. The largest absolute Gasteiger partial charge is 0.476 e. The first-order valence-electron chi connectivity index (χ1n) is 5.83. The molecule has 3 aromatic rings. The van der Waals surface area contributed by atoms with Crippen LogP contribution in [-0.4, -0.2) is 31.2 Å². The lowest BCUT2D eigenvalue weighted by atomic mass is 10.2. The molecule has 0 spiro atoms. The van der Waals surface area contributed by atoms with Gasteiger partial charge < -0.3 is 10.1 Å². The second-order valence-electron chi connectivity index (χ2n) is 4.23. The van der Waals surface area contributed by atoms with Crippen molar-refractivity contribution < 1.29 is 9.90 Å². The Balaban J connectivity index is 1.87. The van der Waals surface area contributed by atoms with E-state index in [9.17, 15) is 4.79 Å². The van der Waals surface area contributed by atoms with Crippen molar-refractivity contribution in [2.75, 3.05) is 0 Å². The fraction of sp³-hybridized carbons (Fsp3) is 0.0769. The molecular formula is C13H10N4O2S. The topological polar surface area (TPSA) is 91.8 Å². The van der Waals surface area contributed by atoms with Crippen LogP contribution in [0.4, 0.5) is 0 Å². The number of carboxylic acid groups (broad SMARTS) is 1. The van der Waals surface area contributed by atoms with Crippen LogP contribution in [-0.2, 0) is 0 Å². The number of carboxylic acids is 1. The molecule has 0 fully saturated rings. The van der Waals surface area contributed by atoms with E-state index in [0.29, 0.717) is 10.2 Å². The Morgan fingerprint density at radius 1 is 1.25 bits per heavy atom. The maximum atomic E-state index is 10.7. The summed E-state index contributed by atoms with van der Waals surface area (Å²) in [6, 6.07) is 9.00. The average Bonchev–Trinajstić information content (AvgIpc) is 2.80. The summed E-state index contributed by atoms with van der Waals surface area (Å²) in [6.45, 7) is 2.02. The highest BCUT2D eigenvalue weighted by atomic mass is 32.2. The number of nitrogens with zero attached hydrogens (tertiary/aromatic N) is 3. The molecule has 3 rings (SSSR count). The Kier molecular flexibility index (Phi) is 3.11. The molecule has 100 valence electrons. The molecule has 2 N–H and O–H groups in total. The second-order valence-corrected chi connectivity index (χ2v) is 5.24. The summed E-state index contributed by atoms with van der Waals surface area (Å²) in [5.74, 6) is -1.09. The first-order valence-corrected chi connectivity index (χ1v) is 6.65. The van der Waals surface area contributed by atoms with E-state index in [0.717, 1.165) is 16.6 Å². The summed E-state index contributed by atoms with van der Waals surface area (Å²) in [6.07, 6.45) is 0. The van der Waals surface area contributed by atoms with Gasteiger partial charge in [0.05, 0.1) is 11.0 Å². The standard InChI is InChI=1S/C13H10N4O2S/c1-7-2-3-8-10(6-7)15-13(14-8)20-11-5-4-9(12(18)19)16-17-11/h2-6H,1H3,(H,14,15)(H,18,19). The predicted octanol–water partition coefficient (Wildman–Crippen LogP) is 2.51. The molecule has 1 aromatic carbocycles. The van der Waals surface area contributed by atoms with Gasteiger partial charge in [-0.1, -0.05) is 6.07 Å². The van der Waals surface area contributed by atoms with Gasteiger partial charge in [0.1, 0.15) is 5.03 Å². The molecule has 20 heavy (non-hydrogen) atoms. The van der Waals surface area contributed by atoms with Crippen molar-refractivity contribution in [3.8, 4) is 0 Å². The quantitative estimate of drug-likeness (QED) is 0.768. The molecule has 0 saturated carbocycles. The highest BCUT2D eigenvalue weighted by molar-refractivity contribution is 7.99. The van der Waals surface area contributed by atoms with Gasteiger partial charge in [-0.25, -0.2) is 9.78 Å². The van der Waals surface area contributed by atoms with Gasteiger partial charge in [0.15, 0.2) is 10.9 Å². The average molecular weight is 286 g/mol. The Hall–Kier alpha value is -2.41. The third-order valence-electron chi connectivity index (χ3n) is 2.68. The zero-order valence-corrected chi connectivity index (χ0v) is 11.3. The Morgan fingerprint density at radius 2 is 2.10 bits per heavy atom. The SMILES string of the molecule is Cc1ccc2nc(Sc3ccc(C(=O)O)nn3)[nH]c2c1. The first kappa shape index (κ1) is 12.6. The monoisotopic (exact) mass is 286 g/mol. The minimum absolute atomic E-state index is 0.0745. The predicted molar refractivity (Wildman–Crippen MR) is 73.9 cm³/mol. The molecule has 0 aliphatic carbocycles. The second kappa shape index (κ2) is 4.93. The molecule has 6 nitrogen and oxygen atoms in total. The lowest BCUT2D eigenvalue weighted by molar-refractivity contribution is 0.0689. The van der Waals surface area contributed by atoms with Gasteiger partial charge in [0.25, 0.3) is 0 Å². The van der Waals surface area contributed by atoms with Crippen molar-refractivity contribution in [2.24, 2.45) is 0 Å². The van der Waals surface area contributed by atoms with Crippen molar-refractivity contribution in [2.45, 2.75) is 17.1 Å². The number of hydrogen-bond donors (Lipinski definition) is 2. The number of imidazole rings is 1. The number of aromatic carboxylic acids is 1. The normalized spacial score (nSPS) is 10.8. The molecule has 0 atom stereocenters. The summed E-state index contributed by atoms with van der Waals surface area (Å²) < 4.78 is 0. The maximum absolute atomic E-state index is 10.7. The van der Waals surface area contributed by atoms with Crippen LogP contribution in [0, 0.1) is 6.92 Å². The van der Waals surface area contributed by atoms with Gasteiger partial charge in [-0.2, -0.15) is 0 Å². The number of nitrogens with one attached hydrogen (secondary N) is 1. The molecule has 2 heterocycles. The van der Waals surface area contributed by atoms with Gasteiger partial charge in [-0.05, 0) is 48.5 Å². The number of rotatable bonds is 3. The zero-order valence-electron chi connectivity index (χ0n) is 10.5. The van der Waals surface area contributed by atoms with E-state index < -0.39 is 5.97 Å². The third-order valence-corrected chi connectivity index (χ3v) is 3.49. The summed E-state index contributed by atoms with van der Waals surface area (Å²) in [4.78, 5) is 18.3. The Morgan fingerprint density at radius 3 is 2.80 bits per heavy atom. The number of aryl methyl sites for hydroxylation is 1. The highest BCUT2D eigenvalue weighted by Gasteiger charge is 2.08. The van der Waals surface area contributed by atoms with Crippen molar-refractivity contribution in [3.63, 3.8) is 0 Å². The van der Waals surface area contributed by atoms with E-state index in [1.54, 1.807) is 6.07 Å². The van der Waals surface area contributed by atoms with E-state index in [1.807, 2.05) is 25.1 Å². The van der Waals surface area contributed by atoms with Crippen LogP contribution in [0.2, 0.25) is 0 Å². The van der Waals surface area contributed by atoms with E-state index >= 15 is 0 Å². The Labute approximate surface area is 118 Å². The van der Waals surface area contributed by atoms with Gasteiger partial charge in [0.2, 0.25) is 0 Å².